The summed E-state index contributed by atoms with van der Waals surface area (Å²) in [5.41, 5.74) is 1.93. The molecule has 0 amide bonds. The first-order valence-corrected chi connectivity index (χ1v) is 11.7. The van der Waals surface area contributed by atoms with E-state index in [9.17, 15) is 8.42 Å². The molecule has 2 atom stereocenters. The van der Waals surface area contributed by atoms with Gasteiger partial charge in [0.25, 0.3) is 0 Å². The number of halogens is 4. The zero-order valence-electron chi connectivity index (χ0n) is 13.7. The molecule has 1 saturated heterocycles. The smallest absolute Gasteiger partial charge is 0.232 e. The van der Waals surface area contributed by atoms with Crippen LogP contribution in [0.1, 0.15) is 24.4 Å². The molecule has 0 aliphatic carbocycles. The van der Waals surface area contributed by atoms with Gasteiger partial charge < -0.3 is 4.90 Å². The van der Waals surface area contributed by atoms with Gasteiger partial charge in [-0.15, -0.1) is 0 Å². The van der Waals surface area contributed by atoms with Crippen LogP contribution in [0, 0.1) is 5.92 Å². The Balaban J connectivity index is 1.95. The summed E-state index contributed by atoms with van der Waals surface area (Å²) in [5, 5.41) is 1.83. The minimum Gasteiger partial charge on any atom is -0.364 e. The van der Waals surface area contributed by atoms with Crippen molar-refractivity contribution in [2.75, 3.05) is 17.2 Å². The average Bonchev–Trinajstić information content (AvgIpc) is 2.55. The monoisotopic (exact) mass is 451 g/mol. The van der Waals surface area contributed by atoms with E-state index < -0.39 is 9.05 Å². The summed E-state index contributed by atoms with van der Waals surface area (Å²) < 4.78 is 23.0. The topological polar surface area (TPSA) is 37.4 Å². The summed E-state index contributed by atoms with van der Waals surface area (Å²) in [5.74, 6) is -0.0878. The third-order valence-electron chi connectivity index (χ3n) is 4.59. The summed E-state index contributed by atoms with van der Waals surface area (Å²) in [6, 6.07) is 13.0. The maximum absolute atomic E-state index is 11.5. The number of anilines is 1. The van der Waals surface area contributed by atoms with E-state index in [1.807, 2.05) is 36.4 Å². The SMILES string of the molecule is O=S(=O)(Cl)C[C@@H]1CC[C@@H](c2ccc(Cl)cc2Cl)N(c2ccc(Cl)cc2)C1. The van der Waals surface area contributed by atoms with Crippen LogP contribution in [0.4, 0.5) is 5.69 Å². The van der Waals surface area contributed by atoms with E-state index in [2.05, 4.69) is 4.90 Å². The van der Waals surface area contributed by atoms with Gasteiger partial charge in [0.1, 0.15) is 0 Å². The Morgan fingerprint density at radius 2 is 1.62 bits per heavy atom. The third kappa shape index (κ3) is 4.99. The lowest BCUT2D eigenvalue weighted by Crippen LogP contribution is -2.40. The summed E-state index contributed by atoms with van der Waals surface area (Å²) in [4.78, 5) is 2.17. The number of nitrogens with zero attached hydrogens (tertiary/aromatic N) is 1. The Hall–Kier alpha value is -0.650. The molecule has 0 radical (unpaired) electrons. The Morgan fingerprint density at radius 3 is 2.23 bits per heavy atom. The number of hydrogen-bond acceptors (Lipinski definition) is 3. The molecule has 26 heavy (non-hydrogen) atoms. The predicted molar refractivity (Wildman–Crippen MR) is 110 cm³/mol. The van der Waals surface area contributed by atoms with Gasteiger partial charge in [-0.25, -0.2) is 8.42 Å². The van der Waals surface area contributed by atoms with Crippen molar-refractivity contribution in [3.63, 3.8) is 0 Å². The van der Waals surface area contributed by atoms with Crippen LogP contribution >= 0.6 is 45.5 Å². The second-order valence-electron chi connectivity index (χ2n) is 6.46. The highest BCUT2D eigenvalue weighted by Crippen LogP contribution is 2.40. The molecule has 2 aromatic carbocycles. The fraction of sp³-hybridized carbons (Fsp3) is 0.333. The lowest BCUT2D eigenvalue weighted by atomic mass is 9.89. The number of benzene rings is 2. The highest BCUT2D eigenvalue weighted by Gasteiger charge is 2.32. The molecule has 1 fully saturated rings. The molecule has 1 aliphatic rings. The van der Waals surface area contributed by atoms with Crippen molar-refractivity contribution in [1.29, 1.82) is 0 Å². The Labute approximate surface area is 173 Å². The molecule has 1 heterocycles. The fourth-order valence-corrected chi connectivity index (χ4v) is 5.51. The van der Waals surface area contributed by atoms with E-state index in [0.29, 0.717) is 21.6 Å². The molecule has 0 bridgehead atoms. The highest BCUT2D eigenvalue weighted by molar-refractivity contribution is 8.13. The summed E-state index contributed by atoms with van der Waals surface area (Å²) in [7, 11) is 1.93. The lowest BCUT2D eigenvalue weighted by Gasteiger charge is -2.41. The summed E-state index contributed by atoms with van der Waals surface area (Å²) >= 11 is 18.5. The third-order valence-corrected chi connectivity index (χ3v) is 6.66. The quantitative estimate of drug-likeness (QED) is 0.520. The van der Waals surface area contributed by atoms with Crippen molar-refractivity contribution >= 4 is 60.2 Å². The zero-order valence-corrected chi connectivity index (χ0v) is 17.5. The van der Waals surface area contributed by atoms with Crippen LogP contribution < -0.4 is 4.90 Å². The van der Waals surface area contributed by atoms with Crippen molar-refractivity contribution in [2.24, 2.45) is 5.92 Å². The number of rotatable bonds is 4. The first kappa shape index (κ1) is 20.1. The van der Waals surface area contributed by atoms with E-state index in [1.165, 1.54) is 0 Å². The fourth-order valence-electron chi connectivity index (χ4n) is 3.48. The van der Waals surface area contributed by atoms with Crippen LogP contribution in [-0.2, 0) is 9.05 Å². The van der Waals surface area contributed by atoms with Crippen molar-refractivity contribution < 1.29 is 8.42 Å². The van der Waals surface area contributed by atoms with E-state index in [4.69, 9.17) is 45.5 Å². The molecule has 2 aromatic rings. The van der Waals surface area contributed by atoms with Crippen LogP contribution in [0.5, 0.6) is 0 Å². The minimum absolute atomic E-state index is 0.0234. The van der Waals surface area contributed by atoms with Gasteiger partial charge in [-0.05, 0) is 60.7 Å². The van der Waals surface area contributed by atoms with Gasteiger partial charge in [-0.3, -0.25) is 0 Å². The van der Waals surface area contributed by atoms with E-state index in [-0.39, 0.29) is 17.7 Å². The van der Waals surface area contributed by atoms with Crippen LogP contribution in [0.25, 0.3) is 0 Å². The molecule has 0 spiro atoms. The second kappa shape index (κ2) is 8.15. The highest BCUT2D eigenvalue weighted by atomic mass is 35.7. The van der Waals surface area contributed by atoms with Crippen molar-refractivity contribution in [3.05, 3.63) is 63.1 Å². The van der Waals surface area contributed by atoms with Crippen molar-refractivity contribution in [3.8, 4) is 0 Å². The van der Waals surface area contributed by atoms with E-state index >= 15 is 0 Å². The minimum atomic E-state index is -3.55. The maximum atomic E-state index is 11.5. The lowest BCUT2D eigenvalue weighted by molar-refractivity contribution is 0.383. The van der Waals surface area contributed by atoms with Crippen LogP contribution in [0.2, 0.25) is 15.1 Å². The number of piperidine rings is 1. The molecule has 3 nitrogen and oxygen atoms in total. The van der Waals surface area contributed by atoms with Crippen LogP contribution in [0.15, 0.2) is 42.5 Å². The Morgan fingerprint density at radius 1 is 0.962 bits per heavy atom. The first-order valence-electron chi connectivity index (χ1n) is 8.12. The summed E-state index contributed by atoms with van der Waals surface area (Å²) in [6.07, 6.45) is 1.51. The van der Waals surface area contributed by atoms with Crippen LogP contribution in [-0.4, -0.2) is 20.7 Å². The summed E-state index contributed by atoms with van der Waals surface area (Å²) in [6.45, 7) is 0.567. The van der Waals surface area contributed by atoms with Crippen molar-refractivity contribution in [2.45, 2.75) is 18.9 Å². The molecule has 1 aliphatic heterocycles. The standard InChI is InChI=1S/C18H17Cl4NO2S/c19-13-2-5-15(6-3-13)23-10-12(11-26(22,24)25)1-8-18(23)16-7-4-14(20)9-17(16)21/h2-7,9,12,18H,1,8,10-11H2/t12-,18+/m1/s1. The molecule has 0 saturated carbocycles. The molecule has 0 unspecified atom stereocenters. The van der Waals surface area contributed by atoms with E-state index in [1.54, 1.807) is 6.07 Å². The van der Waals surface area contributed by atoms with Gasteiger partial charge in [0.2, 0.25) is 9.05 Å². The van der Waals surface area contributed by atoms with Crippen LogP contribution in [0.3, 0.4) is 0 Å². The van der Waals surface area contributed by atoms with Crippen molar-refractivity contribution in [1.82, 2.24) is 0 Å². The predicted octanol–water partition coefficient (Wildman–Crippen LogP) is 6.17. The van der Waals surface area contributed by atoms with Gasteiger partial charge in [-0.1, -0.05) is 40.9 Å². The largest absolute Gasteiger partial charge is 0.364 e. The van der Waals surface area contributed by atoms with Gasteiger partial charge in [-0.2, -0.15) is 0 Å². The van der Waals surface area contributed by atoms with Gasteiger partial charge >= 0.3 is 0 Å². The van der Waals surface area contributed by atoms with E-state index in [0.717, 1.165) is 24.1 Å². The normalized spacial score (nSPS) is 21.0. The Bertz CT molecular complexity index is 887. The molecule has 0 N–H and O–H groups in total. The molecular formula is C18H17Cl4NO2S. The molecule has 140 valence electrons. The van der Waals surface area contributed by atoms with Gasteiger partial charge in [0.15, 0.2) is 0 Å². The molecular weight excluding hydrogens is 436 g/mol. The zero-order chi connectivity index (χ0) is 18.9. The molecule has 8 heteroatoms. The molecule has 3 rings (SSSR count). The number of hydrogen-bond donors (Lipinski definition) is 0. The maximum Gasteiger partial charge on any atom is 0.232 e. The average molecular weight is 453 g/mol. The first-order chi connectivity index (χ1) is 12.2. The van der Waals surface area contributed by atoms with Gasteiger partial charge in [0, 0.05) is 38.0 Å². The van der Waals surface area contributed by atoms with Gasteiger partial charge in [0.05, 0.1) is 11.8 Å². The second-order valence-corrected chi connectivity index (χ2v) is 10.6. The molecule has 0 aromatic heterocycles. The Kier molecular flexibility index (Phi) is 6.30.